The number of rotatable bonds is 9. The zero-order valence-corrected chi connectivity index (χ0v) is 23.0. The van der Waals surface area contributed by atoms with E-state index >= 15 is 4.39 Å². The summed E-state index contributed by atoms with van der Waals surface area (Å²) in [6.45, 7) is -0.352. The van der Waals surface area contributed by atoms with Crippen molar-refractivity contribution in [1.82, 2.24) is 19.7 Å². The van der Waals surface area contributed by atoms with Crippen LogP contribution in [0.5, 0.6) is 6.01 Å². The van der Waals surface area contributed by atoms with Crippen LogP contribution in [-0.4, -0.2) is 50.6 Å². The Morgan fingerprint density at radius 1 is 1.05 bits per heavy atom. The molecule has 1 aliphatic carbocycles. The molecule has 0 bridgehead atoms. The van der Waals surface area contributed by atoms with Crippen LogP contribution in [-0.2, 0) is 16.1 Å². The number of hydrogen-bond donors (Lipinski definition) is 2. The summed E-state index contributed by atoms with van der Waals surface area (Å²) in [5, 5.41) is 7.00. The third-order valence-corrected chi connectivity index (χ3v) is 7.44. The Labute approximate surface area is 243 Å². The van der Waals surface area contributed by atoms with Crippen molar-refractivity contribution >= 4 is 34.9 Å². The number of anilines is 1. The standard InChI is InChI=1S/C29H25ClF2N6O4/c1-42-29-34-11-15(12-35-29)21-13-38(37-26(21)27(33)40)14-24(39)19-9-16(31)10-20(19)28(41)36-23-8-4-6-18(25(23)32)17-5-2-3-7-22(17)30/h2-8,11-13,16,19-20H,9-10,14H2,1H3,(H2,33,40)(H,36,41)/t16-,19?,20+/m0/s1. The topological polar surface area (TPSA) is 142 Å². The van der Waals surface area contributed by atoms with Crippen LogP contribution in [0.3, 0.4) is 0 Å². The van der Waals surface area contributed by atoms with Crippen LogP contribution in [0.4, 0.5) is 14.5 Å². The van der Waals surface area contributed by atoms with E-state index in [0.717, 1.165) is 0 Å². The average Bonchev–Trinajstić information content (AvgIpc) is 3.58. The molecule has 2 heterocycles. The fraction of sp³-hybridized carbons (Fsp3) is 0.241. The van der Waals surface area contributed by atoms with Crippen molar-refractivity contribution in [2.24, 2.45) is 17.6 Å². The largest absolute Gasteiger partial charge is 0.467 e. The summed E-state index contributed by atoms with van der Waals surface area (Å²) in [7, 11) is 1.40. The molecule has 1 saturated carbocycles. The molecule has 2 amide bonds. The highest BCUT2D eigenvalue weighted by Crippen LogP contribution is 2.37. The summed E-state index contributed by atoms with van der Waals surface area (Å²) in [6.07, 6.45) is 2.46. The Hall–Kier alpha value is -4.71. The Kier molecular flexibility index (Phi) is 8.25. The number of primary amides is 1. The van der Waals surface area contributed by atoms with Crippen LogP contribution in [0.2, 0.25) is 5.02 Å². The van der Waals surface area contributed by atoms with Gasteiger partial charge < -0.3 is 15.8 Å². The molecular formula is C29H25ClF2N6O4. The number of carbonyl (C=O) groups is 3. The molecule has 216 valence electrons. The van der Waals surface area contributed by atoms with Crippen molar-refractivity contribution in [3.05, 3.63) is 77.6 Å². The summed E-state index contributed by atoms with van der Waals surface area (Å²) in [6, 6.07) is 11.3. The molecule has 2 aromatic heterocycles. The number of Topliss-reactive ketones (excluding diaryl/α,β-unsaturated/α-hetero) is 1. The van der Waals surface area contributed by atoms with Crippen molar-refractivity contribution in [2.45, 2.75) is 25.6 Å². The smallest absolute Gasteiger partial charge is 0.316 e. The average molecular weight is 595 g/mol. The highest BCUT2D eigenvalue weighted by Gasteiger charge is 2.43. The van der Waals surface area contributed by atoms with Crippen molar-refractivity contribution in [3.63, 3.8) is 0 Å². The summed E-state index contributed by atoms with van der Waals surface area (Å²) in [5.74, 6) is -4.74. The summed E-state index contributed by atoms with van der Waals surface area (Å²) in [5.41, 5.74) is 6.58. The fourth-order valence-corrected chi connectivity index (χ4v) is 5.33. The van der Waals surface area contributed by atoms with E-state index in [1.54, 1.807) is 30.3 Å². The predicted octanol–water partition coefficient (Wildman–Crippen LogP) is 4.48. The minimum atomic E-state index is -1.40. The lowest BCUT2D eigenvalue weighted by atomic mass is 9.91. The normalized spacial score (nSPS) is 18.0. The van der Waals surface area contributed by atoms with Gasteiger partial charge in [-0.1, -0.05) is 41.9 Å². The molecule has 5 rings (SSSR count). The quantitative estimate of drug-likeness (QED) is 0.291. The zero-order valence-electron chi connectivity index (χ0n) is 22.3. The van der Waals surface area contributed by atoms with E-state index in [1.807, 2.05) is 0 Å². The van der Waals surface area contributed by atoms with Gasteiger partial charge in [0.2, 0.25) is 5.91 Å². The van der Waals surface area contributed by atoms with Crippen LogP contribution in [0, 0.1) is 17.7 Å². The van der Waals surface area contributed by atoms with E-state index < -0.39 is 41.4 Å². The van der Waals surface area contributed by atoms with Crippen molar-refractivity contribution in [1.29, 1.82) is 0 Å². The number of ketones is 1. The van der Waals surface area contributed by atoms with Gasteiger partial charge in [-0.05, 0) is 25.0 Å². The molecule has 10 nitrogen and oxygen atoms in total. The third-order valence-electron chi connectivity index (χ3n) is 7.11. The zero-order chi connectivity index (χ0) is 30.0. The lowest BCUT2D eigenvalue weighted by molar-refractivity contribution is -0.130. The first-order valence-electron chi connectivity index (χ1n) is 12.9. The number of amides is 2. The molecule has 42 heavy (non-hydrogen) atoms. The van der Waals surface area contributed by atoms with Gasteiger partial charge in [-0.15, -0.1) is 0 Å². The Balaban J connectivity index is 1.35. The van der Waals surface area contributed by atoms with E-state index in [4.69, 9.17) is 22.1 Å². The van der Waals surface area contributed by atoms with Gasteiger partial charge in [0.05, 0.1) is 25.3 Å². The number of halogens is 3. The molecule has 3 atom stereocenters. The van der Waals surface area contributed by atoms with Gasteiger partial charge in [0, 0.05) is 51.8 Å². The molecule has 1 fully saturated rings. The first-order valence-corrected chi connectivity index (χ1v) is 13.3. The van der Waals surface area contributed by atoms with Crippen molar-refractivity contribution in [2.75, 3.05) is 12.4 Å². The van der Waals surface area contributed by atoms with Gasteiger partial charge in [-0.2, -0.15) is 5.10 Å². The second kappa shape index (κ2) is 12.0. The van der Waals surface area contributed by atoms with Gasteiger partial charge in [-0.3, -0.25) is 19.1 Å². The Morgan fingerprint density at radius 2 is 1.74 bits per heavy atom. The molecule has 13 heteroatoms. The van der Waals surface area contributed by atoms with Gasteiger partial charge >= 0.3 is 6.01 Å². The fourth-order valence-electron chi connectivity index (χ4n) is 5.10. The Morgan fingerprint density at radius 3 is 2.43 bits per heavy atom. The summed E-state index contributed by atoms with van der Waals surface area (Å²) < 4.78 is 36.1. The molecule has 3 N–H and O–H groups in total. The Bertz CT molecular complexity index is 1660. The van der Waals surface area contributed by atoms with Crippen LogP contribution in [0.25, 0.3) is 22.3 Å². The van der Waals surface area contributed by atoms with E-state index in [-0.39, 0.29) is 47.9 Å². The van der Waals surface area contributed by atoms with Crippen molar-refractivity contribution < 1.29 is 27.9 Å². The molecule has 0 saturated heterocycles. The second-order valence-corrected chi connectivity index (χ2v) is 10.2. The van der Waals surface area contributed by atoms with Crippen LogP contribution < -0.4 is 15.8 Å². The minimum Gasteiger partial charge on any atom is -0.467 e. The number of carbonyl (C=O) groups excluding carboxylic acids is 3. The highest BCUT2D eigenvalue weighted by molar-refractivity contribution is 6.33. The maximum atomic E-state index is 15.4. The van der Waals surface area contributed by atoms with E-state index in [9.17, 15) is 18.8 Å². The maximum absolute atomic E-state index is 15.4. The van der Waals surface area contributed by atoms with Crippen molar-refractivity contribution in [3.8, 4) is 28.3 Å². The number of nitrogens with one attached hydrogen (secondary N) is 1. The number of benzene rings is 2. The number of ether oxygens (including phenoxy) is 1. The van der Waals surface area contributed by atoms with Crippen LogP contribution >= 0.6 is 11.6 Å². The lowest BCUT2D eigenvalue weighted by Gasteiger charge is -2.19. The minimum absolute atomic E-state index is 0.115. The van der Waals surface area contributed by atoms with Crippen LogP contribution in [0.1, 0.15) is 23.3 Å². The summed E-state index contributed by atoms with van der Waals surface area (Å²) in [4.78, 5) is 46.6. The molecule has 0 spiro atoms. The first-order chi connectivity index (χ1) is 20.2. The molecule has 1 aliphatic rings. The molecule has 4 aromatic rings. The third kappa shape index (κ3) is 5.84. The maximum Gasteiger partial charge on any atom is 0.316 e. The second-order valence-electron chi connectivity index (χ2n) is 9.80. The number of nitrogens with zero attached hydrogens (tertiary/aromatic N) is 4. The van der Waals surface area contributed by atoms with Crippen LogP contribution in [0.15, 0.2) is 61.1 Å². The summed E-state index contributed by atoms with van der Waals surface area (Å²) >= 11 is 6.23. The molecule has 2 aromatic carbocycles. The lowest BCUT2D eigenvalue weighted by Crippen LogP contribution is -2.32. The number of hydrogen-bond acceptors (Lipinski definition) is 7. The molecule has 0 radical (unpaired) electrons. The van der Waals surface area contributed by atoms with E-state index in [1.165, 1.54) is 42.5 Å². The number of methoxy groups -OCH3 is 1. The molecule has 0 aliphatic heterocycles. The predicted molar refractivity (Wildman–Crippen MR) is 150 cm³/mol. The number of nitrogens with two attached hydrogens (primary N) is 1. The van der Waals surface area contributed by atoms with E-state index in [2.05, 4.69) is 20.4 Å². The number of aromatic nitrogens is 4. The van der Waals surface area contributed by atoms with Gasteiger partial charge in [-0.25, -0.2) is 18.7 Å². The monoisotopic (exact) mass is 594 g/mol. The SMILES string of the molecule is COc1ncc(-c2cn(CC(=O)C3C[C@H](F)C[C@H]3C(=O)Nc3cccc(-c4ccccc4Cl)c3F)nc2C(N)=O)cn1. The molecular weight excluding hydrogens is 570 g/mol. The molecule has 1 unspecified atom stereocenters. The first kappa shape index (κ1) is 28.8. The van der Waals surface area contributed by atoms with Gasteiger partial charge in [0.1, 0.15) is 6.17 Å². The highest BCUT2D eigenvalue weighted by atomic mass is 35.5. The number of alkyl halides is 1. The van der Waals surface area contributed by atoms with E-state index in [0.29, 0.717) is 16.1 Å². The van der Waals surface area contributed by atoms with Gasteiger partial charge in [0.15, 0.2) is 17.3 Å². The van der Waals surface area contributed by atoms with Gasteiger partial charge in [0.25, 0.3) is 5.91 Å².